The first kappa shape index (κ1) is 19.2. The quantitative estimate of drug-likeness (QED) is 0.668. The van der Waals surface area contributed by atoms with E-state index in [-0.39, 0.29) is 18.4 Å². The van der Waals surface area contributed by atoms with Crippen LogP contribution < -0.4 is 5.32 Å². The minimum atomic E-state index is -0.232. The summed E-state index contributed by atoms with van der Waals surface area (Å²) in [6, 6.07) is 9.59. The second-order valence-corrected chi connectivity index (χ2v) is 8.14. The molecule has 6 nitrogen and oxygen atoms in total. The summed E-state index contributed by atoms with van der Waals surface area (Å²) in [5.74, 6) is 1.39. The summed E-state index contributed by atoms with van der Waals surface area (Å²) in [6.45, 7) is 8.06. The molecule has 0 radical (unpaired) electrons. The number of aromatic nitrogens is 3. The maximum absolute atomic E-state index is 12.7. The van der Waals surface area contributed by atoms with E-state index in [4.69, 9.17) is 4.52 Å². The van der Waals surface area contributed by atoms with Crippen LogP contribution in [0.1, 0.15) is 58.7 Å². The van der Waals surface area contributed by atoms with E-state index in [1.807, 2.05) is 30.3 Å². The highest BCUT2D eigenvalue weighted by Gasteiger charge is 2.20. The number of nitrogens with one attached hydrogen (secondary N) is 1. The number of rotatable bonds is 7. The number of carbonyl (C=O) groups excluding carboxylic acids is 1. The fraction of sp³-hybridized carbons (Fsp3) is 0.400. The highest BCUT2D eigenvalue weighted by atomic mass is 32.1. The van der Waals surface area contributed by atoms with Crippen molar-refractivity contribution in [2.45, 2.75) is 52.5 Å². The number of amides is 1. The van der Waals surface area contributed by atoms with E-state index in [2.05, 4.69) is 41.2 Å². The molecule has 0 fully saturated rings. The zero-order chi connectivity index (χ0) is 19.4. The van der Waals surface area contributed by atoms with Crippen molar-refractivity contribution in [1.29, 1.82) is 0 Å². The lowest BCUT2D eigenvalue weighted by atomic mass is 10.0. The van der Waals surface area contributed by atoms with Gasteiger partial charge in [0.15, 0.2) is 5.82 Å². The summed E-state index contributed by atoms with van der Waals surface area (Å²) in [4.78, 5) is 22.7. The first-order chi connectivity index (χ1) is 12.9. The van der Waals surface area contributed by atoms with Crippen LogP contribution in [0.15, 0.2) is 34.9 Å². The van der Waals surface area contributed by atoms with E-state index in [1.165, 1.54) is 4.88 Å². The number of aryl methyl sites for hydroxylation is 2. The Labute approximate surface area is 163 Å². The summed E-state index contributed by atoms with van der Waals surface area (Å²) < 4.78 is 5.24. The van der Waals surface area contributed by atoms with E-state index in [0.29, 0.717) is 24.1 Å². The molecule has 1 atom stereocenters. The number of hydrogen-bond acceptors (Lipinski definition) is 6. The van der Waals surface area contributed by atoms with Crippen LogP contribution in [0.5, 0.6) is 0 Å². The van der Waals surface area contributed by atoms with Gasteiger partial charge in [-0.1, -0.05) is 49.3 Å². The monoisotopic (exact) mass is 384 g/mol. The summed E-state index contributed by atoms with van der Waals surface area (Å²) >= 11 is 1.59. The molecule has 1 N–H and O–H groups in total. The molecule has 3 aromatic rings. The Morgan fingerprint density at radius 1 is 1.19 bits per heavy atom. The SMILES string of the molecule is Cc1noc(CC(NC(=O)Cc2nc(C(C)C)c(C)s2)c2ccccc2)n1. The Bertz CT molecular complexity index is 902. The Balaban J connectivity index is 1.73. The third kappa shape index (κ3) is 5.01. The van der Waals surface area contributed by atoms with Gasteiger partial charge < -0.3 is 9.84 Å². The summed E-state index contributed by atoms with van der Waals surface area (Å²) in [6.07, 6.45) is 0.717. The fourth-order valence-electron chi connectivity index (χ4n) is 2.99. The minimum Gasteiger partial charge on any atom is -0.348 e. The van der Waals surface area contributed by atoms with Crippen LogP contribution in [-0.4, -0.2) is 21.0 Å². The second-order valence-electron chi connectivity index (χ2n) is 6.85. The van der Waals surface area contributed by atoms with Crippen molar-refractivity contribution in [3.05, 3.63) is 63.2 Å². The molecule has 27 heavy (non-hydrogen) atoms. The highest BCUT2D eigenvalue weighted by Crippen LogP contribution is 2.25. The molecule has 7 heteroatoms. The standard InChI is InChI=1S/C20H24N4O2S/c1-12(2)20-13(3)27-19(23-20)11-17(25)22-16(15-8-6-5-7-9-15)10-18-21-14(4)24-26-18/h5-9,12,16H,10-11H2,1-4H3,(H,22,25). The summed E-state index contributed by atoms with van der Waals surface area (Å²) in [5, 5.41) is 7.77. The predicted molar refractivity (Wildman–Crippen MR) is 105 cm³/mol. The van der Waals surface area contributed by atoms with Crippen molar-refractivity contribution in [1.82, 2.24) is 20.4 Å². The van der Waals surface area contributed by atoms with Gasteiger partial charge in [-0.3, -0.25) is 4.79 Å². The largest absolute Gasteiger partial charge is 0.348 e. The number of thiazole rings is 1. The zero-order valence-corrected chi connectivity index (χ0v) is 16.8. The molecular weight excluding hydrogens is 360 g/mol. The van der Waals surface area contributed by atoms with E-state index in [9.17, 15) is 4.79 Å². The smallest absolute Gasteiger partial charge is 0.229 e. The highest BCUT2D eigenvalue weighted by molar-refractivity contribution is 7.11. The van der Waals surface area contributed by atoms with Crippen molar-refractivity contribution in [2.75, 3.05) is 0 Å². The Morgan fingerprint density at radius 2 is 1.93 bits per heavy atom. The number of benzene rings is 1. The number of hydrogen-bond donors (Lipinski definition) is 1. The first-order valence-corrected chi connectivity index (χ1v) is 9.83. The van der Waals surface area contributed by atoms with Gasteiger partial charge in [0.1, 0.15) is 5.01 Å². The predicted octanol–water partition coefficient (Wildman–Crippen LogP) is 3.91. The van der Waals surface area contributed by atoms with Gasteiger partial charge in [-0.25, -0.2) is 4.98 Å². The van der Waals surface area contributed by atoms with Gasteiger partial charge in [0, 0.05) is 4.88 Å². The Hall–Kier alpha value is -2.54. The molecule has 0 aliphatic carbocycles. The van der Waals surface area contributed by atoms with Gasteiger partial charge in [-0.15, -0.1) is 11.3 Å². The fourth-order valence-corrected chi connectivity index (χ4v) is 4.08. The van der Waals surface area contributed by atoms with Crippen molar-refractivity contribution in [2.24, 2.45) is 0 Å². The second kappa shape index (κ2) is 8.43. The lowest BCUT2D eigenvalue weighted by Crippen LogP contribution is -2.31. The Morgan fingerprint density at radius 3 is 2.52 bits per heavy atom. The lowest BCUT2D eigenvalue weighted by Gasteiger charge is -2.17. The van der Waals surface area contributed by atoms with E-state index < -0.39 is 0 Å². The third-order valence-electron chi connectivity index (χ3n) is 4.22. The van der Waals surface area contributed by atoms with Gasteiger partial charge in [0.2, 0.25) is 11.8 Å². The molecule has 0 spiro atoms. The maximum Gasteiger partial charge on any atom is 0.229 e. The molecule has 142 valence electrons. The summed E-state index contributed by atoms with van der Waals surface area (Å²) in [7, 11) is 0. The van der Waals surface area contributed by atoms with Crippen LogP contribution in [0.4, 0.5) is 0 Å². The molecule has 1 aromatic carbocycles. The van der Waals surface area contributed by atoms with E-state index in [0.717, 1.165) is 16.3 Å². The van der Waals surface area contributed by atoms with Crippen LogP contribution in [0.2, 0.25) is 0 Å². The van der Waals surface area contributed by atoms with Crippen molar-refractivity contribution in [3.8, 4) is 0 Å². The van der Waals surface area contributed by atoms with Gasteiger partial charge in [-0.05, 0) is 25.3 Å². The molecule has 2 aromatic heterocycles. The number of carbonyl (C=O) groups is 1. The van der Waals surface area contributed by atoms with Crippen molar-refractivity contribution in [3.63, 3.8) is 0 Å². The molecule has 2 heterocycles. The zero-order valence-electron chi connectivity index (χ0n) is 16.0. The van der Waals surface area contributed by atoms with E-state index >= 15 is 0 Å². The van der Waals surface area contributed by atoms with Crippen LogP contribution >= 0.6 is 11.3 Å². The molecule has 3 rings (SSSR count). The van der Waals surface area contributed by atoms with Crippen LogP contribution in [0, 0.1) is 13.8 Å². The number of nitrogens with zero attached hydrogens (tertiary/aromatic N) is 3. The first-order valence-electron chi connectivity index (χ1n) is 9.02. The topological polar surface area (TPSA) is 80.9 Å². The third-order valence-corrected chi connectivity index (χ3v) is 5.21. The van der Waals surface area contributed by atoms with Crippen LogP contribution in [0.3, 0.4) is 0 Å². The molecule has 0 aliphatic rings. The normalized spacial score (nSPS) is 12.3. The van der Waals surface area contributed by atoms with Crippen molar-refractivity contribution < 1.29 is 9.32 Å². The molecule has 0 aliphatic heterocycles. The molecule has 0 saturated heterocycles. The molecule has 1 unspecified atom stereocenters. The Kier molecular flexibility index (Phi) is 6.01. The van der Waals surface area contributed by atoms with Crippen LogP contribution in [0.25, 0.3) is 0 Å². The molecule has 1 amide bonds. The summed E-state index contributed by atoms with van der Waals surface area (Å²) in [5.41, 5.74) is 2.07. The average molecular weight is 385 g/mol. The van der Waals surface area contributed by atoms with Crippen LogP contribution in [-0.2, 0) is 17.6 Å². The molecule has 0 bridgehead atoms. The van der Waals surface area contributed by atoms with Gasteiger partial charge in [-0.2, -0.15) is 4.98 Å². The van der Waals surface area contributed by atoms with E-state index in [1.54, 1.807) is 18.3 Å². The van der Waals surface area contributed by atoms with Gasteiger partial charge >= 0.3 is 0 Å². The minimum absolute atomic E-state index is 0.0656. The average Bonchev–Trinajstić information content (AvgIpc) is 3.20. The van der Waals surface area contributed by atoms with Gasteiger partial charge in [0.25, 0.3) is 0 Å². The molecule has 0 saturated carbocycles. The van der Waals surface area contributed by atoms with Crippen molar-refractivity contribution >= 4 is 17.2 Å². The van der Waals surface area contributed by atoms with Gasteiger partial charge in [0.05, 0.1) is 24.6 Å². The maximum atomic E-state index is 12.7. The lowest BCUT2D eigenvalue weighted by molar-refractivity contribution is -0.121. The molecular formula is C20H24N4O2S.